The van der Waals surface area contributed by atoms with E-state index in [1.54, 1.807) is 0 Å². The molecular formula is C16H34. The minimum Gasteiger partial charge on any atom is -0.0654 e. The normalized spacial score (nSPS) is 16.1. The minimum absolute atomic E-state index is 0.505. The molecule has 0 amide bonds. The molecule has 16 heavy (non-hydrogen) atoms. The quantitative estimate of drug-likeness (QED) is 0.472. The lowest BCUT2D eigenvalue weighted by Gasteiger charge is -2.24. The van der Waals surface area contributed by atoms with Crippen LogP contribution in [0.1, 0.15) is 86.5 Å². The fourth-order valence-corrected chi connectivity index (χ4v) is 2.71. The van der Waals surface area contributed by atoms with E-state index in [0.29, 0.717) is 5.41 Å². The molecule has 0 heteroatoms. The number of hydrogen-bond donors (Lipinski definition) is 0. The molecule has 0 fully saturated rings. The molecule has 0 aromatic rings. The monoisotopic (exact) mass is 226 g/mol. The van der Waals surface area contributed by atoms with Crippen molar-refractivity contribution in [1.29, 1.82) is 0 Å². The van der Waals surface area contributed by atoms with Gasteiger partial charge in [-0.1, -0.05) is 80.1 Å². The Labute approximate surface area is 104 Å². The Hall–Kier alpha value is 0. The van der Waals surface area contributed by atoms with Gasteiger partial charge in [-0.05, 0) is 23.7 Å². The molecule has 0 rings (SSSR count). The molecule has 0 aromatic heterocycles. The molecule has 98 valence electrons. The maximum Gasteiger partial charge on any atom is -0.0380 e. The molecule has 2 atom stereocenters. The van der Waals surface area contributed by atoms with Gasteiger partial charge in [0, 0.05) is 0 Å². The first-order valence-corrected chi connectivity index (χ1v) is 7.39. The summed E-state index contributed by atoms with van der Waals surface area (Å²) >= 11 is 0. The molecule has 0 saturated heterocycles. The van der Waals surface area contributed by atoms with Crippen molar-refractivity contribution >= 4 is 0 Å². The molecule has 0 aliphatic rings. The lowest BCUT2D eigenvalue weighted by Crippen LogP contribution is -2.12. The zero-order chi connectivity index (χ0) is 12.6. The Balaban J connectivity index is 3.74. The fraction of sp³-hybridized carbons (Fsp3) is 1.00. The summed E-state index contributed by atoms with van der Waals surface area (Å²) < 4.78 is 0. The van der Waals surface area contributed by atoms with E-state index in [1.807, 2.05) is 0 Å². The Morgan fingerprint density at radius 3 is 2.00 bits per heavy atom. The van der Waals surface area contributed by atoms with Gasteiger partial charge < -0.3 is 0 Å². The van der Waals surface area contributed by atoms with E-state index in [-0.39, 0.29) is 0 Å². The van der Waals surface area contributed by atoms with Crippen molar-refractivity contribution in [3.05, 3.63) is 0 Å². The van der Waals surface area contributed by atoms with Crippen LogP contribution in [0.2, 0.25) is 0 Å². The molecular weight excluding hydrogens is 192 g/mol. The summed E-state index contributed by atoms with van der Waals surface area (Å²) in [6.07, 6.45) is 9.86. The van der Waals surface area contributed by atoms with Crippen LogP contribution in [0.25, 0.3) is 0 Å². The Bertz CT molecular complexity index is 152. The van der Waals surface area contributed by atoms with Gasteiger partial charge in [-0.15, -0.1) is 0 Å². The lowest BCUT2D eigenvalue weighted by molar-refractivity contribution is 0.275. The van der Waals surface area contributed by atoms with Crippen molar-refractivity contribution in [2.45, 2.75) is 86.5 Å². The molecule has 0 N–H and O–H groups in total. The largest absolute Gasteiger partial charge is 0.0654 e. The maximum absolute atomic E-state index is 2.43. The summed E-state index contributed by atoms with van der Waals surface area (Å²) in [5, 5.41) is 0. The first kappa shape index (κ1) is 16.0. The molecule has 2 unspecified atom stereocenters. The maximum atomic E-state index is 2.43. The molecule has 0 saturated carbocycles. The molecule has 0 aliphatic carbocycles. The molecule has 0 heterocycles. The van der Waals surface area contributed by atoms with Crippen LogP contribution >= 0.6 is 0 Å². The van der Waals surface area contributed by atoms with E-state index in [1.165, 1.54) is 44.9 Å². The second-order valence-corrected chi connectivity index (χ2v) is 6.86. The first-order chi connectivity index (χ1) is 7.39. The average molecular weight is 226 g/mol. The van der Waals surface area contributed by atoms with Crippen LogP contribution in [-0.2, 0) is 0 Å². The number of rotatable bonds is 8. The van der Waals surface area contributed by atoms with Crippen LogP contribution in [0.4, 0.5) is 0 Å². The van der Waals surface area contributed by atoms with Gasteiger partial charge in [0.25, 0.3) is 0 Å². The van der Waals surface area contributed by atoms with Crippen LogP contribution in [0.15, 0.2) is 0 Å². The SMILES string of the molecule is CCCCC(CC)CCC(C)CC(C)(C)C. The Kier molecular flexibility index (Phi) is 8.14. The van der Waals surface area contributed by atoms with Crippen LogP contribution in [0, 0.1) is 17.3 Å². The molecule has 0 nitrogen and oxygen atoms in total. The predicted molar refractivity (Wildman–Crippen MR) is 75.8 cm³/mol. The second kappa shape index (κ2) is 8.14. The fourth-order valence-electron chi connectivity index (χ4n) is 2.71. The smallest absolute Gasteiger partial charge is 0.0380 e. The van der Waals surface area contributed by atoms with E-state index >= 15 is 0 Å². The highest BCUT2D eigenvalue weighted by atomic mass is 14.2. The topological polar surface area (TPSA) is 0 Å². The second-order valence-electron chi connectivity index (χ2n) is 6.86. The highest BCUT2D eigenvalue weighted by molar-refractivity contribution is 4.68. The van der Waals surface area contributed by atoms with Crippen LogP contribution in [-0.4, -0.2) is 0 Å². The van der Waals surface area contributed by atoms with Crippen molar-refractivity contribution in [1.82, 2.24) is 0 Å². The molecule has 0 spiro atoms. The zero-order valence-electron chi connectivity index (χ0n) is 12.6. The van der Waals surface area contributed by atoms with Crippen molar-refractivity contribution in [3.63, 3.8) is 0 Å². The van der Waals surface area contributed by atoms with Crippen LogP contribution < -0.4 is 0 Å². The van der Waals surface area contributed by atoms with Gasteiger partial charge in [0.1, 0.15) is 0 Å². The van der Waals surface area contributed by atoms with Gasteiger partial charge in [0.05, 0.1) is 0 Å². The number of unbranched alkanes of at least 4 members (excludes halogenated alkanes) is 1. The predicted octanol–water partition coefficient (Wildman–Crippen LogP) is 6.06. The summed E-state index contributed by atoms with van der Waals surface area (Å²) in [5.41, 5.74) is 0.505. The highest BCUT2D eigenvalue weighted by Crippen LogP contribution is 2.29. The lowest BCUT2D eigenvalue weighted by atomic mass is 9.82. The molecule has 0 aromatic carbocycles. The molecule has 0 aliphatic heterocycles. The van der Waals surface area contributed by atoms with Crippen molar-refractivity contribution in [2.75, 3.05) is 0 Å². The van der Waals surface area contributed by atoms with Crippen molar-refractivity contribution < 1.29 is 0 Å². The summed E-state index contributed by atoms with van der Waals surface area (Å²) in [7, 11) is 0. The Morgan fingerprint density at radius 1 is 0.938 bits per heavy atom. The van der Waals surface area contributed by atoms with Gasteiger partial charge in [-0.25, -0.2) is 0 Å². The van der Waals surface area contributed by atoms with Gasteiger partial charge in [0.2, 0.25) is 0 Å². The van der Waals surface area contributed by atoms with E-state index in [4.69, 9.17) is 0 Å². The third-order valence-electron chi connectivity index (χ3n) is 3.57. The zero-order valence-corrected chi connectivity index (χ0v) is 12.6. The van der Waals surface area contributed by atoms with Crippen LogP contribution in [0.5, 0.6) is 0 Å². The van der Waals surface area contributed by atoms with Gasteiger partial charge in [0.15, 0.2) is 0 Å². The van der Waals surface area contributed by atoms with Gasteiger partial charge >= 0.3 is 0 Å². The average Bonchev–Trinajstić information content (AvgIpc) is 2.15. The van der Waals surface area contributed by atoms with Gasteiger partial charge in [-0.3, -0.25) is 0 Å². The minimum atomic E-state index is 0.505. The van der Waals surface area contributed by atoms with E-state index in [9.17, 15) is 0 Å². The van der Waals surface area contributed by atoms with Crippen molar-refractivity contribution in [2.24, 2.45) is 17.3 Å². The standard InChI is InChI=1S/C16H34/c1-7-9-10-15(8-2)12-11-14(3)13-16(4,5)6/h14-15H,7-13H2,1-6H3. The molecule has 0 radical (unpaired) electrons. The summed E-state index contributed by atoms with van der Waals surface area (Å²) in [6, 6.07) is 0. The van der Waals surface area contributed by atoms with Crippen LogP contribution in [0.3, 0.4) is 0 Å². The van der Waals surface area contributed by atoms with Gasteiger partial charge in [-0.2, -0.15) is 0 Å². The first-order valence-electron chi connectivity index (χ1n) is 7.39. The molecule has 0 bridgehead atoms. The number of hydrogen-bond acceptors (Lipinski definition) is 0. The summed E-state index contributed by atoms with van der Waals surface area (Å²) in [5.74, 6) is 1.89. The highest BCUT2D eigenvalue weighted by Gasteiger charge is 2.16. The van der Waals surface area contributed by atoms with Crippen molar-refractivity contribution in [3.8, 4) is 0 Å². The van der Waals surface area contributed by atoms with E-state index < -0.39 is 0 Å². The summed E-state index contributed by atoms with van der Waals surface area (Å²) in [4.78, 5) is 0. The van der Waals surface area contributed by atoms with E-state index in [0.717, 1.165) is 11.8 Å². The van der Waals surface area contributed by atoms with E-state index in [2.05, 4.69) is 41.5 Å². The third kappa shape index (κ3) is 9.24. The third-order valence-corrected chi connectivity index (χ3v) is 3.57. The Morgan fingerprint density at radius 2 is 1.56 bits per heavy atom. The summed E-state index contributed by atoms with van der Waals surface area (Å²) in [6.45, 7) is 14.2.